The zero-order chi connectivity index (χ0) is 14.3. The van der Waals surface area contributed by atoms with Crippen molar-refractivity contribution < 1.29 is 14.7 Å². The smallest absolute Gasteiger partial charge is 0.320 e. The molecule has 1 atom stereocenters. The number of urea groups is 1. The minimum absolute atomic E-state index is 0.0234. The molecule has 18 heavy (non-hydrogen) atoms. The van der Waals surface area contributed by atoms with E-state index in [9.17, 15) is 9.59 Å². The summed E-state index contributed by atoms with van der Waals surface area (Å²) in [5.74, 6) is -0.818. The molecular weight excluding hydrogens is 232 g/mol. The van der Waals surface area contributed by atoms with Gasteiger partial charge in [0.1, 0.15) is 0 Å². The average Bonchev–Trinajstić information content (AvgIpc) is 2.31. The number of carboxylic acid groups (broad SMARTS) is 1. The Bertz CT molecular complexity index is 279. The van der Waals surface area contributed by atoms with Crippen LogP contribution in [0.4, 0.5) is 4.79 Å². The molecule has 0 radical (unpaired) electrons. The first-order chi connectivity index (χ1) is 8.31. The third-order valence-electron chi connectivity index (χ3n) is 3.21. The van der Waals surface area contributed by atoms with Crippen molar-refractivity contribution in [1.82, 2.24) is 9.80 Å². The lowest BCUT2D eigenvalue weighted by atomic mass is 10.2. The molecule has 0 aromatic rings. The van der Waals surface area contributed by atoms with E-state index in [4.69, 9.17) is 5.11 Å². The molecule has 1 unspecified atom stereocenters. The summed E-state index contributed by atoms with van der Waals surface area (Å²) in [6.07, 6.45) is 1.50. The Morgan fingerprint density at radius 2 is 1.78 bits per heavy atom. The predicted octanol–water partition coefficient (Wildman–Crippen LogP) is 2.41. The van der Waals surface area contributed by atoms with Crippen LogP contribution in [0.15, 0.2) is 0 Å². The van der Waals surface area contributed by atoms with Gasteiger partial charge in [-0.25, -0.2) is 4.79 Å². The first-order valence-electron chi connectivity index (χ1n) is 6.56. The molecule has 2 amide bonds. The number of aliphatic carboxylic acids is 1. The SMILES string of the molecule is CCC(C)N(C)C(=O)N(CCCC(=O)O)C(C)C. The minimum Gasteiger partial charge on any atom is -0.481 e. The summed E-state index contributed by atoms with van der Waals surface area (Å²) < 4.78 is 0. The zero-order valence-electron chi connectivity index (χ0n) is 12.1. The number of carboxylic acids is 1. The van der Waals surface area contributed by atoms with Crippen molar-refractivity contribution >= 4 is 12.0 Å². The fourth-order valence-corrected chi connectivity index (χ4v) is 1.64. The first kappa shape index (κ1) is 16.7. The molecule has 0 saturated carbocycles. The maximum Gasteiger partial charge on any atom is 0.320 e. The summed E-state index contributed by atoms with van der Waals surface area (Å²) in [6, 6.07) is 0.251. The standard InChI is InChI=1S/C13H26N2O3/c1-6-11(4)14(5)13(18)15(10(2)3)9-7-8-12(16)17/h10-11H,6-9H2,1-5H3,(H,16,17). The largest absolute Gasteiger partial charge is 0.481 e. The lowest BCUT2D eigenvalue weighted by molar-refractivity contribution is -0.137. The van der Waals surface area contributed by atoms with Gasteiger partial charge < -0.3 is 14.9 Å². The van der Waals surface area contributed by atoms with Crippen LogP contribution >= 0.6 is 0 Å². The van der Waals surface area contributed by atoms with Gasteiger partial charge in [-0.15, -0.1) is 0 Å². The maximum atomic E-state index is 12.3. The summed E-state index contributed by atoms with van der Waals surface area (Å²) in [5, 5.41) is 8.63. The molecule has 0 spiro atoms. The minimum atomic E-state index is -0.818. The van der Waals surface area contributed by atoms with E-state index in [1.165, 1.54) is 0 Å². The monoisotopic (exact) mass is 258 g/mol. The molecule has 0 heterocycles. The van der Waals surface area contributed by atoms with E-state index in [0.29, 0.717) is 13.0 Å². The van der Waals surface area contributed by atoms with Gasteiger partial charge in [-0.2, -0.15) is 0 Å². The number of hydrogen-bond acceptors (Lipinski definition) is 2. The fourth-order valence-electron chi connectivity index (χ4n) is 1.64. The highest BCUT2D eigenvalue weighted by molar-refractivity contribution is 5.75. The van der Waals surface area contributed by atoms with Gasteiger partial charge in [-0.3, -0.25) is 4.79 Å². The number of carbonyl (C=O) groups is 2. The molecule has 1 N–H and O–H groups in total. The third-order valence-corrected chi connectivity index (χ3v) is 3.21. The molecule has 5 nitrogen and oxygen atoms in total. The van der Waals surface area contributed by atoms with E-state index in [2.05, 4.69) is 0 Å². The Kier molecular flexibility index (Phi) is 7.39. The zero-order valence-corrected chi connectivity index (χ0v) is 12.1. The van der Waals surface area contributed by atoms with E-state index in [1.807, 2.05) is 27.7 Å². The van der Waals surface area contributed by atoms with Gasteiger partial charge in [0.15, 0.2) is 0 Å². The molecule has 0 rings (SSSR count). The van der Waals surface area contributed by atoms with Crippen molar-refractivity contribution in [1.29, 1.82) is 0 Å². The molecule has 0 aliphatic heterocycles. The number of amides is 2. The van der Waals surface area contributed by atoms with Gasteiger partial charge in [0.25, 0.3) is 0 Å². The van der Waals surface area contributed by atoms with Gasteiger partial charge in [-0.05, 0) is 33.6 Å². The molecule has 0 aromatic heterocycles. The molecular formula is C13H26N2O3. The summed E-state index contributed by atoms with van der Waals surface area (Å²) in [6.45, 7) is 8.43. The van der Waals surface area contributed by atoms with Crippen LogP contribution in [-0.4, -0.2) is 52.6 Å². The van der Waals surface area contributed by atoms with Crippen molar-refractivity contribution in [3.05, 3.63) is 0 Å². The van der Waals surface area contributed by atoms with Crippen LogP contribution in [0.5, 0.6) is 0 Å². The van der Waals surface area contributed by atoms with E-state index >= 15 is 0 Å². The fraction of sp³-hybridized carbons (Fsp3) is 0.846. The van der Waals surface area contributed by atoms with Gasteiger partial charge >= 0.3 is 12.0 Å². The van der Waals surface area contributed by atoms with Crippen molar-refractivity contribution in [3.8, 4) is 0 Å². The second-order valence-electron chi connectivity index (χ2n) is 4.94. The van der Waals surface area contributed by atoms with Crippen LogP contribution in [0.25, 0.3) is 0 Å². The molecule has 0 aliphatic carbocycles. The Morgan fingerprint density at radius 1 is 1.22 bits per heavy atom. The van der Waals surface area contributed by atoms with E-state index < -0.39 is 5.97 Å². The highest BCUT2D eigenvalue weighted by Crippen LogP contribution is 2.10. The summed E-state index contributed by atoms with van der Waals surface area (Å²) in [5.41, 5.74) is 0. The lowest BCUT2D eigenvalue weighted by Crippen LogP contribution is -2.48. The average molecular weight is 258 g/mol. The highest BCUT2D eigenvalue weighted by atomic mass is 16.4. The Hall–Kier alpha value is -1.26. The number of rotatable bonds is 7. The van der Waals surface area contributed by atoms with Crippen LogP contribution in [0.1, 0.15) is 47.0 Å². The maximum absolute atomic E-state index is 12.3. The Morgan fingerprint density at radius 3 is 2.17 bits per heavy atom. The Balaban J connectivity index is 4.49. The lowest BCUT2D eigenvalue weighted by Gasteiger charge is -2.34. The molecule has 0 saturated heterocycles. The van der Waals surface area contributed by atoms with Crippen molar-refractivity contribution in [2.24, 2.45) is 0 Å². The number of nitrogens with zero attached hydrogens (tertiary/aromatic N) is 2. The molecule has 106 valence electrons. The van der Waals surface area contributed by atoms with Crippen LogP contribution < -0.4 is 0 Å². The summed E-state index contributed by atoms with van der Waals surface area (Å²) >= 11 is 0. The van der Waals surface area contributed by atoms with Crippen molar-refractivity contribution in [2.45, 2.75) is 59.0 Å². The van der Waals surface area contributed by atoms with E-state index in [1.54, 1.807) is 16.8 Å². The molecule has 5 heteroatoms. The molecule has 0 bridgehead atoms. The summed E-state index contributed by atoms with van der Waals surface area (Å²) in [7, 11) is 1.79. The second kappa shape index (κ2) is 7.95. The Labute approximate surface area is 110 Å². The normalized spacial score (nSPS) is 12.3. The second-order valence-corrected chi connectivity index (χ2v) is 4.94. The van der Waals surface area contributed by atoms with Gasteiger partial charge in [-0.1, -0.05) is 6.92 Å². The van der Waals surface area contributed by atoms with E-state index in [0.717, 1.165) is 6.42 Å². The van der Waals surface area contributed by atoms with Crippen LogP contribution in [0, 0.1) is 0 Å². The van der Waals surface area contributed by atoms with Gasteiger partial charge in [0.05, 0.1) is 0 Å². The van der Waals surface area contributed by atoms with E-state index in [-0.39, 0.29) is 24.5 Å². The van der Waals surface area contributed by atoms with Gasteiger partial charge in [0, 0.05) is 32.1 Å². The summed E-state index contributed by atoms with van der Waals surface area (Å²) in [4.78, 5) is 26.2. The quantitative estimate of drug-likeness (QED) is 0.762. The van der Waals surface area contributed by atoms with Crippen LogP contribution in [-0.2, 0) is 4.79 Å². The molecule has 0 fully saturated rings. The number of carbonyl (C=O) groups excluding carboxylic acids is 1. The highest BCUT2D eigenvalue weighted by Gasteiger charge is 2.23. The van der Waals surface area contributed by atoms with Gasteiger partial charge in [0.2, 0.25) is 0 Å². The number of hydrogen-bond donors (Lipinski definition) is 1. The van der Waals surface area contributed by atoms with Crippen LogP contribution in [0.3, 0.4) is 0 Å². The molecule has 0 aromatic carbocycles. The third kappa shape index (κ3) is 5.38. The first-order valence-corrected chi connectivity index (χ1v) is 6.56. The molecule has 0 aliphatic rings. The topological polar surface area (TPSA) is 60.9 Å². The van der Waals surface area contributed by atoms with Crippen LogP contribution in [0.2, 0.25) is 0 Å². The predicted molar refractivity (Wildman–Crippen MR) is 71.6 cm³/mol. The van der Waals surface area contributed by atoms with Crippen molar-refractivity contribution in [3.63, 3.8) is 0 Å². The van der Waals surface area contributed by atoms with Crippen molar-refractivity contribution in [2.75, 3.05) is 13.6 Å².